The van der Waals surface area contributed by atoms with Crippen LogP contribution in [-0.4, -0.2) is 33.7 Å². The highest BCUT2D eigenvalue weighted by Crippen LogP contribution is 2.36. The first kappa shape index (κ1) is 20.2. The summed E-state index contributed by atoms with van der Waals surface area (Å²) in [7, 11) is 1.63. The molecule has 0 fully saturated rings. The van der Waals surface area contributed by atoms with E-state index >= 15 is 0 Å². The van der Waals surface area contributed by atoms with Crippen LogP contribution in [0, 0.1) is 0 Å². The number of hydrazone groups is 1. The van der Waals surface area contributed by atoms with Gasteiger partial charge in [0.2, 0.25) is 0 Å². The fourth-order valence-corrected chi connectivity index (χ4v) is 4.10. The van der Waals surface area contributed by atoms with E-state index in [1.54, 1.807) is 43.8 Å². The van der Waals surface area contributed by atoms with Crippen LogP contribution in [0.5, 0.6) is 5.75 Å². The van der Waals surface area contributed by atoms with Crippen LogP contribution in [0.4, 0.5) is 0 Å². The number of nitrogens with zero attached hydrogens (tertiary/aromatic N) is 4. The van der Waals surface area contributed by atoms with E-state index < -0.39 is 0 Å². The Bertz CT molecular complexity index is 1350. The molecule has 6 nitrogen and oxygen atoms in total. The molecule has 7 heteroatoms. The number of carbonyl (C=O) groups excluding carboxylic acids is 1. The Labute approximate surface area is 190 Å². The highest BCUT2D eigenvalue weighted by Gasteiger charge is 2.34. The summed E-state index contributed by atoms with van der Waals surface area (Å²) in [5.41, 5.74) is 4.62. The van der Waals surface area contributed by atoms with E-state index in [1.165, 1.54) is 5.01 Å². The van der Waals surface area contributed by atoms with Crippen molar-refractivity contribution in [1.29, 1.82) is 0 Å². The van der Waals surface area contributed by atoms with Crippen molar-refractivity contribution < 1.29 is 9.53 Å². The van der Waals surface area contributed by atoms with Crippen molar-refractivity contribution >= 4 is 34.3 Å². The molecule has 1 amide bonds. The fraction of sp³-hybridized carbons (Fsp3) is 0.120. The molecule has 1 aliphatic rings. The molecule has 1 aromatic heterocycles. The SMILES string of the molecule is COc1cccc(C2=NN(C(=O)c3ccccc3Cl)[C@@H](c3ccc4nccnc4c3)C2)c1. The van der Waals surface area contributed by atoms with E-state index in [2.05, 4.69) is 9.97 Å². The quantitative estimate of drug-likeness (QED) is 0.431. The third-order valence-corrected chi connectivity index (χ3v) is 5.83. The molecule has 5 rings (SSSR count). The molecule has 0 aliphatic carbocycles. The largest absolute Gasteiger partial charge is 0.497 e. The highest BCUT2D eigenvalue weighted by atomic mass is 35.5. The second-order valence-corrected chi connectivity index (χ2v) is 7.84. The number of rotatable bonds is 4. The van der Waals surface area contributed by atoms with Crippen molar-refractivity contribution in [2.45, 2.75) is 12.5 Å². The van der Waals surface area contributed by atoms with Crippen LogP contribution in [0.25, 0.3) is 11.0 Å². The van der Waals surface area contributed by atoms with E-state index in [-0.39, 0.29) is 11.9 Å². The molecule has 0 N–H and O–H groups in total. The van der Waals surface area contributed by atoms with Crippen LogP contribution >= 0.6 is 11.6 Å². The number of ether oxygens (including phenoxy) is 1. The average molecular weight is 443 g/mol. The van der Waals surface area contributed by atoms with Crippen LogP contribution in [-0.2, 0) is 0 Å². The third-order valence-electron chi connectivity index (χ3n) is 5.50. The highest BCUT2D eigenvalue weighted by molar-refractivity contribution is 6.33. The molecule has 2 heterocycles. The monoisotopic (exact) mass is 442 g/mol. The fourth-order valence-electron chi connectivity index (χ4n) is 3.88. The lowest BCUT2D eigenvalue weighted by Gasteiger charge is -2.22. The van der Waals surface area contributed by atoms with E-state index in [1.807, 2.05) is 42.5 Å². The van der Waals surface area contributed by atoms with Crippen LogP contribution in [0.1, 0.15) is 33.9 Å². The second-order valence-electron chi connectivity index (χ2n) is 7.43. The van der Waals surface area contributed by atoms with Gasteiger partial charge in [0.15, 0.2) is 0 Å². The number of aromatic nitrogens is 2. The van der Waals surface area contributed by atoms with Crippen LogP contribution in [0.15, 0.2) is 84.2 Å². The second kappa shape index (κ2) is 8.40. The van der Waals surface area contributed by atoms with Gasteiger partial charge in [-0.05, 0) is 42.0 Å². The Morgan fingerprint density at radius 3 is 2.62 bits per heavy atom. The molecular weight excluding hydrogens is 424 g/mol. The third kappa shape index (κ3) is 3.69. The van der Waals surface area contributed by atoms with Gasteiger partial charge in [-0.15, -0.1) is 0 Å². The van der Waals surface area contributed by atoms with Crippen molar-refractivity contribution in [3.63, 3.8) is 0 Å². The molecule has 0 bridgehead atoms. The Hall–Kier alpha value is -3.77. The van der Waals surface area contributed by atoms with Gasteiger partial charge in [-0.2, -0.15) is 5.10 Å². The number of amides is 1. The average Bonchev–Trinajstić information content (AvgIpc) is 3.29. The van der Waals surface area contributed by atoms with Gasteiger partial charge in [0, 0.05) is 24.4 Å². The number of carbonyl (C=O) groups is 1. The first-order chi connectivity index (χ1) is 15.6. The van der Waals surface area contributed by atoms with Crippen molar-refractivity contribution in [3.05, 3.63) is 101 Å². The number of hydrogen-bond donors (Lipinski definition) is 0. The number of methoxy groups -OCH3 is 1. The first-order valence-corrected chi connectivity index (χ1v) is 10.5. The predicted molar refractivity (Wildman–Crippen MR) is 124 cm³/mol. The van der Waals surface area contributed by atoms with Gasteiger partial charge in [-0.3, -0.25) is 14.8 Å². The number of hydrogen-bond acceptors (Lipinski definition) is 5. The Morgan fingerprint density at radius 1 is 1.00 bits per heavy atom. The molecule has 0 saturated carbocycles. The summed E-state index contributed by atoms with van der Waals surface area (Å²) in [6.45, 7) is 0. The maximum absolute atomic E-state index is 13.5. The van der Waals surface area contributed by atoms with E-state index in [0.29, 0.717) is 17.0 Å². The van der Waals surface area contributed by atoms with Gasteiger partial charge >= 0.3 is 0 Å². The van der Waals surface area contributed by atoms with Crippen molar-refractivity contribution in [1.82, 2.24) is 15.0 Å². The molecule has 1 atom stereocenters. The first-order valence-electron chi connectivity index (χ1n) is 10.1. The Balaban J connectivity index is 1.59. The summed E-state index contributed by atoms with van der Waals surface area (Å²) < 4.78 is 5.37. The molecule has 0 radical (unpaired) electrons. The van der Waals surface area contributed by atoms with Gasteiger partial charge in [-0.25, -0.2) is 5.01 Å². The summed E-state index contributed by atoms with van der Waals surface area (Å²) in [6.07, 6.45) is 3.87. The lowest BCUT2D eigenvalue weighted by Crippen LogP contribution is -2.27. The van der Waals surface area contributed by atoms with Crippen LogP contribution < -0.4 is 4.74 Å². The summed E-state index contributed by atoms with van der Waals surface area (Å²) >= 11 is 6.33. The lowest BCUT2D eigenvalue weighted by atomic mass is 9.97. The summed E-state index contributed by atoms with van der Waals surface area (Å²) in [5.74, 6) is 0.483. The van der Waals surface area contributed by atoms with Crippen LogP contribution in [0.2, 0.25) is 5.02 Å². The zero-order valence-corrected chi connectivity index (χ0v) is 18.0. The van der Waals surface area contributed by atoms with Crippen molar-refractivity contribution in [2.75, 3.05) is 7.11 Å². The van der Waals surface area contributed by atoms with E-state index in [4.69, 9.17) is 21.4 Å². The zero-order valence-electron chi connectivity index (χ0n) is 17.3. The minimum absolute atomic E-state index is 0.252. The maximum atomic E-state index is 13.5. The Morgan fingerprint density at radius 2 is 1.81 bits per heavy atom. The van der Waals surface area contributed by atoms with Crippen molar-refractivity contribution in [3.8, 4) is 5.75 Å². The number of fused-ring (bicyclic) bond motifs is 1. The smallest absolute Gasteiger partial charge is 0.276 e. The molecule has 32 heavy (non-hydrogen) atoms. The summed E-state index contributed by atoms with van der Waals surface area (Å²) in [4.78, 5) is 22.3. The van der Waals surface area contributed by atoms with Gasteiger partial charge in [0.25, 0.3) is 5.91 Å². The van der Waals surface area contributed by atoms with Crippen molar-refractivity contribution in [2.24, 2.45) is 5.10 Å². The molecule has 1 aliphatic heterocycles. The molecule has 0 spiro atoms. The molecular formula is C25H19ClN4O2. The summed E-state index contributed by atoms with van der Waals surface area (Å²) in [5, 5.41) is 6.65. The molecule has 158 valence electrons. The lowest BCUT2D eigenvalue weighted by molar-refractivity contribution is 0.0711. The van der Waals surface area contributed by atoms with E-state index in [0.717, 1.165) is 33.6 Å². The molecule has 0 unspecified atom stereocenters. The minimum atomic E-state index is -0.300. The van der Waals surface area contributed by atoms with Gasteiger partial charge in [0.1, 0.15) is 5.75 Å². The Kier molecular flexibility index (Phi) is 5.29. The standard InChI is InChI=1S/C25H19ClN4O2/c1-32-18-6-4-5-16(13-18)22-15-24(17-9-10-21-23(14-17)28-12-11-27-21)30(29-22)25(31)19-7-2-3-8-20(19)26/h2-14,24H,15H2,1H3/t24-/m1/s1. The molecule has 0 saturated heterocycles. The predicted octanol–water partition coefficient (Wildman–Crippen LogP) is 5.28. The summed E-state index contributed by atoms with van der Waals surface area (Å²) in [6, 6.07) is 20.2. The topological polar surface area (TPSA) is 67.7 Å². The molecule has 3 aromatic carbocycles. The normalized spacial score (nSPS) is 15.6. The van der Waals surface area contributed by atoms with Gasteiger partial charge in [-0.1, -0.05) is 41.9 Å². The maximum Gasteiger partial charge on any atom is 0.276 e. The zero-order chi connectivity index (χ0) is 22.1. The van der Waals surface area contributed by atoms with Gasteiger partial charge in [0.05, 0.1) is 40.5 Å². The minimum Gasteiger partial charge on any atom is -0.497 e. The van der Waals surface area contributed by atoms with Gasteiger partial charge < -0.3 is 4.74 Å². The van der Waals surface area contributed by atoms with Crippen LogP contribution in [0.3, 0.4) is 0 Å². The number of halogens is 1. The van der Waals surface area contributed by atoms with E-state index in [9.17, 15) is 4.79 Å². The number of benzene rings is 3. The molecule has 4 aromatic rings.